The SMILES string of the molecule is COc1ccc(C(=O)OCC(=O)N(C2CCCC2)[C@@H]2CCS(=O)(=O)C2)cc1F. The maximum atomic E-state index is 13.8. The Bertz CT molecular complexity index is 850. The summed E-state index contributed by atoms with van der Waals surface area (Å²) >= 11 is 0. The second kappa shape index (κ2) is 8.46. The van der Waals surface area contributed by atoms with Gasteiger partial charge >= 0.3 is 5.97 Å². The number of esters is 1. The first kappa shape index (κ1) is 20.6. The van der Waals surface area contributed by atoms with E-state index in [1.54, 1.807) is 4.90 Å². The van der Waals surface area contributed by atoms with E-state index in [4.69, 9.17) is 9.47 Å². The predicted molar refractivity (Wildman–Crippen MR) is 99.4 cm³/mol. The average molecular weight is 413 g/mol. The molecule has 7 nitrogen and oxygen atoms in total. The normalized spacial score (nSPS) is 21.4. The molecule has 0 spiro atoms. The molecule has 1 aromatic rings. The van der Waals surface area contributed by atoms with Crippen LogP contribution in [0.15, 0.2) is 18.2 Å². The van der Waals surface area contributed by atoms with Crippen molar-refractivity contribution in [2.45, 2.75) is 44.2 Å². The molecule has 1 atom stereocenters. The van der Waals surface area contributed by atoms with Crippen LogP contribution in [0, 0.1) is 5.82 Å². The minimum absolute atomic E-state index is 0.00229. The van der Waals surface area contributed by atoms with Crippen LogP contribution in [0.2, 0.25) is 0 Å². The number of hydrogen-bond donors (Lipinski definition) is 0. The van der Waals surface area contributed by atoms with Gasteiger partial charge in [0.1, 0.15) is 0 Å². The van der Waals surface area contributed by atoms with Crippen LogP contribution in [-0.2, 0) is 19.4 Å². The summed E-state index contributed by atoms with van der Waals surface area (Å²) in [4.78, 5) is 26.6. The predicted octanol–water partition coefficient (Wildman–Crippen LogP) is 1.95. The van der Waals surface area contributed by atoms with Crippen molar-refractivity contribution in [1.29, 1.82) is 0 Å². The first-order valence-electron chi connectivity index (χ1n) is 9.33. The number of nitrogens with zero attached hydrogens (tertiary/aromatic N) is 1. The van der Waals surface area contributed by atoms with Gasteiger partial charge in [-0.25, -0.2) is 17.6 Å². The topological polar surface area (TPSA) is 90.0 Å². The summed E-state index contributed by atoms with van der Waals surface area (Å²) in [6.45, 7) is -0.500. The Morgan fingerprint density at radius 2 is 1.89 bits per heavy atom. The van der Waals surface area contributed by atoms with Crippen LogP contribution in [0.3, 0.4) is 0 Å². The van der Waals surface area contributed by atoms with Crippen molar-refractivity contribution < 1.29 is 31.9 Å². The standard InChI is InChI=1S/C19H24FNO6S/c1-26-17-7-6-13(10-16(17)20)19(23)27-11-18(22)21(14-4-2-3-5-14)15-8-9-28(24,25)12-15/h6-7,10,14-15H,2-5,8-9,11-12H2,1H3/t15-/m1/s1. The van der Waals surface area contributed by atoms with E-state index in [9.17, 15) is 22.4 Å². The van der Waals surface area contributed by atoms with Crippen LogP contribution >= 0.6 is 0 Å². The summed E-state index contributed by atoms with van der Waals surface area (Å²) in [6.07, 6.45) is 4.01. The quantitative estimate of drug-likeness (QED) is 0.662. The first-order chi connectivity index (χ1) is 13.3. The molecule has 0 unspecified atom stereocenters. The minimum Gasteiger partial charge on any atom is -0.494 e. The average Bonchev–Trinajstić information content (AvgIpc) is 3.30. The molecular formula is C19H24FNO6S. The van der Waals surface area contributed by atoms with Crippen molar-refractivity contribution in [3.8, 4) is 5.75 Å². The van der Waals surface area contributed by atoms with Gasteiger partial charge in [-0.15, -0.1) is 0 Å². The third-order valence-corrected chi connectivity index (χ3v) is 7.07. The molecule has 0 N–H and O–H groups in total. The molecule has 1 aliphatic carbocycles. The number of hydrogen-bond acceptors (Lipinski definition) is 6. The fourth-order valence-corrected chi connectivity index (χ4v) is 5.67. The fraction of sp³-hybridized carbons (Fsp3) is 0.579. The second-order valence-electron chi connectivity index (χ2n) is 7.22. The zero-order chi connectivity index (χ0) is 20.3. The Balaban J connectivity index is 1.66. The van der Waals surface area contributed by atoms with Gasteiger partial charge in [0.05, 0.1) is 24.2 Å². The third kappa shape index (κ3) is 4.63. The van der Waals surface area contributed by atoms with E-state index in [1.165, 1.54) is 19.2 Å². The van der Waals surface area contributed by atoms with Crippen molar-refractivity contribution in [2.75, 3.05) is 25.2 Å². The highest BCUT2D eigenvalue weighted by molar-refractivity contribution is 7.91. The van der Waals surface area contributed by atoms with Gasteiger partial charge in [-0.1, -0.05) is 12.8 Å². The molecule has 1 aliphatic heterocycles. The van der Waals surface area contributed by atoms with Crippen LogP contribution in [0.4, 0.5) is 4.39 Å². The summed E-state index contributed by atoms with van der Waals surface area (Å²) in [5.41, 5.74) is -0.0260. The lowest BCUT2D eigenvalue weighted by molar-refractivity contribution is -0.139. The van der Waals surface area contributed by atoms with Gasteiger partial charge in [-0.3, -0.25) is 4.79 Å². The summed E-state index contributed by atoms with van der Waals surface area (Å²) < 4.78 is 47.3. The minimum atomic E-state index is -3.14. The maximum absolute atomic E-state index is 13.8. The largest absolute Gasteiger partial charge is 0.494 e. The number of benzene rings is 1. The number of halogens is 1. The summed E-state index contributed by atoms with van der Waals surface area (Å²) in [5, 5.41) is 0. The van der Waals surface area contributed by atoms with E-state index in [-0.39, 0.29) is 34.9 Å². The number of carbonyl (C=O) groups excluding carboxylic acids is 2. The molecule has 2 aliphatic rings. The highest BCUT2D eigenvalue weighted by Gasteiger charge is 2.39. The highest BCUT2D eigenvalue weighted by atomic mass is 32.2. The van der Waals surface area contributed by atoms with E-state index >= 15 is 0 Å². The molecule has 2 fully saturated rings. The van der Waals surface area contributed by atoms with Gasteiger partial charge in [0, 0.05) is 12.1 Å². The molecule has 0 radical (unpaired) electrons. The van der Waals surface area contributed by atoms with Crippen molar-refractivity contribution in [3.63, 3.8) is 0 Å². The molecule has 1 amide bonds. The Labute approximate surface area is 163 Å². The van der Waals surface area contributed by atoms with E-state index in [0.29, 0.717) is 6.42 Å². The summed E-state index contributed by atoms with van der Waals surface area (Å²) in [6, 6.07) is 3.25. The van der Waals surface area contributed by atoms with E-state index in [0.717, 1.165) is 31.7 Å². The number of ether oxygens (including phenoxy) is 2. The van der Waals surface area contributed by atoms with Crippen LogP contribution in [0.1, 0.15) is 42.5 Å². The molecule has 9 heteroatoms. The molecule has 0 aromatic heterocycles. The van der Waals surface area contributed by atoms with Crippen LogP contribution in [0.5, 0.6) is 5.75 Å². The zero-order valence-electron chi connectivity index (χ0n) is 15.7. The molecule has 3 rings (SSSR count). The van der Waals surface area contributed by atoms with Crippen LogP contribution in [0.25, 0.3) is 0 Å². The van der Waals surface area contributed by atoms with Crippen LogP contribution in [-0.4, -0.2) is 62.5 Å². The maximum Gasteiger partial charge on any atom is 0.338 e. The Hall–Kier alpha value is -2.16. The number of methoxy groups -OCH3 is 1. The smallest absolute Gasteiger partial charge is 0.338 e. The second-order valence-corrected chi connectivity index (χ2v) is 9.45. The summed E-state index contributed by atoms with van der Waals surface area (Å²) in [5.74, 6) is -1.91. The highest BCUT2D eigenvalue weighted by Crippen LogP contribution is 2.29. The lowest BCUT2D eigenvalue weighted by Crippen LogP contribution is -2.48. The Morgan fingerprint density at radius 3 is 2.46 bits per heavy atom. The van der Waals surface area contributed by atoms with Gasteiger partial charge in [-0.05, 0) is 37.5 Å². The molecule has 1 heterocycles. The number of carbonyl (C=O) groups is 2. The van der Waals surface area contributed by atoms with Crippen LogP contribution < -0.4 is 4.74 Å². The van der Waals surface area contributed by atoms with Gasteiger partial charge in [-0.2, -0.15) is 0 Å². The number of rotatable bonds is 6. The fourth-order valence-electron chi connectivity index (χ4n) is 3.96. The number of amides is 1. The lowest BCUT2D eigenvalue weighted by atomic mass is 10.1. The summed E-state index contributed by atoms with van der Waals surface area (Å²) in [7, 11) is -1.83. The molecular weight excluding hydrogens is 389 g/mol. The Morgan fingerprint density at radius 1 is 1.18 bits per heavy atom. The number of sulfone groups is 1. The van der Waals surface area contributed by atoms with Gasteiger partial charge in [0.15, 0.2) is 28.0 Å². The zero-order valence-corrected chi connectivity index (χ0v) is 16.5. The van der Waals surface area contributed by atoms with Crippen molar-refractivity contribution in [2.24, 2.45) is 0 Å². The van der Waals surface area contributed by atoms with Crippen molar-refractivity contribution in [1.82, 2.24) is 4.90 Å². The van der Waals surface area contributed by atoms with E-state index in [1.807, 2.05) is 0 Å². The van der Waals surface area contributed by atoms with Crippen molar-refractivity contribution in [3.05, 3.63) is 29.6 Å². The molecule has 1 saturated carbocycles. The van der Waals surface area contributed by atoms with Gasteiger partial charge in [0.25, 0.3) is 5.91 Å². The molecule has 154 valence electrons. The van der Waals surface area contributed by atoms with E-state index < -0.39 is 34.1 Å². The lowest BCUT2D eigenvalue weighted by Gasteiger charge is -2.33. The third-order valence-electron chi connectivity index (χ3n) is 5.32. The molecule has 0 bridgehead atoms. The molecule has 1 aromatic carbocycles. The molecule has 1 saturated heterocycles. The van der Waals surface area contributed by atoms with Gasteiger partial charge in [0.2, 0.25) is 0 Å². The van der Waals surface area contributed by atoms with E-state index in [2.05, 4.69) is 0 Å². The monoisotopic (exact) mass is 413 g/mol. The van der Waals surface area contributed by atoms with Crippen molar-refractivity contribution >= 4 is 21.7 Å². The Kier molecular flexibility index (Phi) is 6.22. The molecule has 28 heavy (non-hydrogen) atoms. The van der Waals surface area contributed by atoms with Gasteiger partial charge < -0.3 is 14.4 Å². The first-order valence-corrected chi connectivity index (χ1v) is 11.1.